The van der Waals surface area contributed by atoms with E-state index in [0.717, 1.165) is 33.2 Å². The van der Waals surface area contributed by atoms with E-state index in [1.807, 2.05) is 11.3 Å². The second-order valence-corrected chi connectivity index (χ2v) is 17.1. The molecule has 0 aliphatic heterocycles. The van der Waals surface area contributed by atoms with E-state index in [-0.39, 0.29) is 0 Å². The second-order valence-electron chi connectivity index (χ2n) is 16.1. The van der Waals surface area contributed by atoms with Crippen molar-refractivity contribution >= 4 is 118 Å². The summed E-state index contributed by atoms with van der Waals surface area (Å²) in [6, 6.07) is 70.4. The van der Waals surface area contributed by atoms with Crippen LogP contribution >= 0.6 is 11.3 Å². The van der Waals surface area contributed by atoms with Gasteiger partial charge in [0.1, 0.15) is 5.82 Å². The van der Waals surface area contributed by atoms with Crippen LogP contribution in [0, 0.1) is 0 Å². The lowest BCUT2D eigenvalue weighted by atomic mass is 9.99. The number of aromatic nitrogens is 4. The van der Waals surface area contributed by atoms with Gasteiger partial charge in [-0.05, 0) is 64.0 Å². The van der Waals surface area contributed by atoms with Crippen molar-refractivity contribution in [2.45, 2.75) is 0 Å². The van der Waals surface area contributed by atoms with E-state index in [0.29, 0.717) is 5.82 Å². The smallest absolute Gasteiger partial charge is 0.162 e. The van der Waals surface area contributed by atoms with Gasteiger partial charge < -0.3 is 4.57 Å². The maximum absolute atomic E-state index is 5.62. The first-order chi connectivity index (χ1) is 30.3. The van der Waals surface area contributed by atoms with Crippen molar-refractivity contribution in [3.05, 3.63) is 194 Å². The molecule has 0 fully saturated rings. The first-order valence-electron chi connectivity index (χ1n) is 20.8. The quantitative estimate of drug-likeness (QED) is 0.179. The first-order valence-corrected chi connectivity index (χ1v) is 21.6. The van der Waals surface area contributed by atoms with Gasteiger partial charge in [-0.25, -0.2) is 9.97 Å². The van der Waals surface area contributed by atoms with Gasteiger partial charge in [-0.2, -0.15) is 0 Å². The van der Waals surface area contributed by atoms with Crippen LogP contribution in [-0.4, -0.2) is 19.1 Å². The topological polar surface area (TPSA) is 35.6 Å². The Balaban J connectivity index is 1.17. The van der Waals surface area contributed by atoms with E-state index in [9.17, 15) is 0 Å². The van der Waals surface area contributed by atoms with Crippen molar-refractivity contribution in [1.82, 2.24) is 19.1 Å². The third kappa shape index (κ3) is 4.53. The summed E-state index contributed by atoms with van der Waals surface area (Å²) in [6.07, 6.45) is 0. The summed E-state index contributed by atoms with van der Waals surface area (Å²) in [4.78, 5) is 10.9. The molecule has 14 rings (SSSR count). The molecule has 0 aliphatic rings. The zero-order chi connectivity index (χ0) is 39.8. The molecule has 5 heteroatoms. The Hall–Kier alpha value is -7.86. The highest BCUT2D eigenvalue weighted by atomic mass is 32.1. The van der Waals surface area contributed by atoms with Crippen LogP contribution in [0.25, 0.3) is 130 Å². The molecule has 282 valence electrons. The van der Waals surface area contributed by atoms with E-state index in [4.69, 9.17) is 9.97 Å². The third-order valence-corrected chi connectivity index (χ3v) is 14.1. The molecule has 0 N–H and O–H groups in total. The average Bonchev–Trinajstić information content (AvgIpc) is 3.98. The number of hydrogen-bond donors (Lipinski definition) is 0. The summed E-state index contributed by atoms with van der Waals surface area (Å²) in [6.45, 7) is 0. The normalized spacial score (nSPS) is 12.3. The molecule has 0 radical (unpaired) electrons. The van der Waals surface area contributed by atoms with Crippen molar-refractivity contribution < 1.29 is 0 Å². The zero-order valence-electron chi connectivity index (χ0n) is 32.7. The summed E-state index contributed by atoms with van der Waals surface area (Å²) < 4.78 is 7.46. The number of nitrogens with zero attached hydrogens (tertiary/aromatic N) is 4. The molecule has 4 nitrogen and oxygen atoms in total. The third-order valence-electron chi connectivity index (χ3n) is 12.9. The minimum absolute atomic E-state index is 0.714. The van der Waals surface area contributed by atoms with Crippen molar-refractivity contribution in [1.29, 1.82) is 0 Å². The van der Waals surface area contributed by atoms with E-state index in [2.05, 4.69) is 203 Å². The van der Waals surface area contributed by atoms with Gasteiger partial charge >= 0.3 is 0 Å². The maximum atomic E-state index is 5.62. The summed E-state index contributed by atoms with van der Waals surface area (Å²) >= 11 is 1.90. The number of benzene rings is 10. The van der Waals surface area contributed by atoms with Crippen LogP contribution in [0.2, 0.25) is 0 Å². The lowest BCUT2D eigenvalue weighted by Crippen LogP contribution is -2.03. The Labute approximate surface area is 352 Å². The molecular weight excluding hydrogens is 761 g/mol. The predicted octanol–water partition coefficient (Wildman–Crippen LogP) is 15.3. The van der Waals surface area contributed by atoms with Crippen molar-refractivity contribution in [3.8, 4) is 22.9 Å². The van der Waals surface area contributed by atoms with Gasteiger partial charge in [0.25, 0.3) is 0 Å². The Bertz CT molecular complexity index is 4180. The number of hydrogen-bond acceptors (Lipinski definition) is 3. The van der Waals surface area contributed by atoms with Gasteiger partial charge in [0, 0.05) is 63.4 Å². The molecule has 4 aromatic heterocycles. The van der Waals surface area contributed by atoms with Crippen molar-refractivity contribution in [2.75, 3.05) is 0 Å². The van der Waals surface area contributed by atoms with Gasteiger partial charge in [0.15, 0.2) is 5.82 Å². The largest absolute Gasteiger partial charge is 0.309 e. The molecule has 0 aliphatic carbocycles. The molecular formula is C56H32N4S. The van der Waals surface area contributed by atoms with Gasteiger partial charge in [-0.3, -0.25) is 4.57 Å². The predicted molar refractivity (Wildman–Crippen MR) is 259 cm³/mol. The average molecular weight is 793 g/mol. The van der Waals surface area contributed by atoms with Crippen LogP contribution < -0.4 is 0 Å². The highest BCUT2D eigenvalue weighted by Crippen LogP contribution is 2.50. The Kier molecular flexibility index (Phi) is 6.68. The minimum atomic E-state index is 0.714. The SMILES string of the molecule is c1ccc2c(-c3nc(-n4c5ccccc5c5c6ccccc6c6sc7cc8c(cc7c6c54)c4ccccc4n8-c4cccc5ccccc45)c4ccccc4n3)cccc2c1. The van der Waals surface area contributed by atoms with Crippen molar-refractivity contribution in [2.24, 2.45) is 0 Å². The maximum Gasteiger partial charge on any atom is 0.162 e. The van der Waals surface area contributed by atoms with E-state index in [1.54, 1.807) is 0 Å². The fourth-order valence-corrected chi connectivity index (χ4v) is 11.5. The Morgan fingerprint density at radius 3 is 1.80 bits per heavy atom. The summed E-state index contributed by atoms with van der Waals surface area (Å²) in [5, 5.41) is 15.7. The van der Waals surface area contributed by atoms with Crippen LogP contribution in [0.1, 0.15) is 0 Å². The standard InChI is InChI=1S/C56H32N4S/c1-3-19-35-33(15-1)17-13-26-40(35)55-57-45-27-10-7-24-41(45)56(58-55)60-48-29-12-9-25-42(48)51-38-22-5-6-23-39(38)54-52(53(51)60)44-31-43-37-21-8-11-28-47(37)59(49(43)32-50(44)61-54)46-30-14-18-34-16-2-4-20-36(34)46/h1-32H. The first kappa shape index (κ1) is 33.0. The fourth-order valence-electron chi connectivity index (χ4n) is 10.3. The van der Waals surface area contributed by atoms with Crippen LogP contribution in [0.5, 0.6) is 0 Å². The summed E-state index contributed by atoms with van der Waals surface area (Å²) in [5.74, 6) is 1.59. The molecule has 0 atom stereocenters. The molecule has 0 amide bonds. The Morgan fingerprint density at radius 1 is 0.377 bits per heavy atom. The molecule has 10 aromatic carbocycles. The molecule has 0 saturated carbocycles. The molecule has 0 bridgehead atoms. The van der Waals surface area contributed by atoms with Crippen molar-refractivity contribution in [3.63, 3.8) is 0 Å². The van der Waals surface area contributed by atoms with E-state index in [1.165, 1.54) is 90.9 Å². The number of thiophene rings is 1. The molecule has 0 unspecified atom stereocenters. The molecule has 0 spiro atoms. The fraction of sp³-hybridized carbons (Fsp3) is 0. The lowest BCUT2D eigenvalue weighted by molar-refractivity contribution is 1.08. The van der Waals surface area contributed by atoms with E-state index >= 15 is 0 Å². The molecule has 4 heterocycles. The Morgan fingerprint density at radius 2 is 0.984 bits per heavy atom. The number of fused-ring (bicyclic) bond motifs is 16. The van der Waals surface area contributed by atoms with E-state index < -0.39 is 0 Å². The van der Waals surface area contributed by atoms with Gasteiger partial charge in [0.05, 0.1) is 33.3 Å². The zero-order valence-corrected chi connectivity index (χ0v) is 33.5. The lowest BCUT2D eigenvalue weighted by Gasteiger charge is -2.14. The highest BCUT2D eigenvalue weighted by molar-refractivity contribution is 7.27. The number of para-hydroxylation sites is 3. The summed E-state index contributed by atoms with van der Waals surface area (Å²) in [7, 11) is 0. The minimum Gasteiger partial charge on any atom is -0.309 e. The van der Waals surface area contributed by atoms with Crippen LogP contribution in [0.3, 0.4) is 0 Å². The van der Waals surface area contributed by atoms with Gasteiger partial charge in [0.2, 0.25) is 0 Å². The van der Waals surface area contributed by atoms with Crippen LogP contribution in [0.4, 0.5) is 0 Å². The summed E-state index contributed by atoms with van der Waals surface area (Å²) in [5.41, 5.74) is 7.83. The van der Waals surface area contributed by atoms with Crippen LogP contribution in [0.15, 0.2) is 194 Å². The van der Waals surface area contributed by atoms with Crippen LogP contribution in [-0.2, 0) is 0 Å². The number of rotatable bonds is 3. The van der Waals surface area contributed by atoms with Gasteiger partial charge in [-0.15, -0.1) is 11.3 Å². The molecule has 14 aromatic rings. The molecule has 0 saturated heterocycles. The second kappa shape index (κ2) is 12.3. The monoisotopic (exact) mass is 792 g/mol. The molecule has 61 heavy (non-hydrogen) atoms. The van der Waals surface area contributed by atoms with Gasteiger partial charge in [-0.1, -0.05) is 152 Å². The highest BCUT2D eigenvalue weighted by Gasteiger charge is 2.25.